The van der Waals surface area contributed by atoms with E-state index in [2.05, 4.69) is 10.3 Å². The van der Waals surface area contributed by atoms with E-state index in [4.69, 9.17) is 4.42 Å². The van der Waals surface area contributed by atoms with E-state index in [1.165, 1.54) is 19.3 Å². The summed E-state index contributed by atoms with van der Waals surface area (Å²) in [4.78, 5) is 4.30. The number of hydrogen-bond acceptors (Lipinski definition) is 4. The van der Waals surface area contributed by atoms with E-state index >= 15 is 0 Å². The van der Waals surface area contributed by atoms with Crippen molar-refractivity contribution in [1.29, 1.82) is 0 Å². The minimum absolute atomic E-state index is 0.621. The average molecular weight is 212 g/mol. The van der Waals surface area contributed by atoms with Crippen molar-refractivity contribution in [2.75, 3.05) is 13.1 Å². The highest BCUT2D eigenvalue weighted by Crippen LogP contribution is 2.26. The van der Waals surface area contributed by atoms with E-state index < -0.39 is 0 Å². The van der Waals surface area contributed by atoms with Crippen LogP contribution < -0.4 is 5.32 Å². The second-order valence-corrected chi connectivity index (χ2v) is 4.95. The van der Waals surface area contributed by atoms with Gasteiger partial charge in [-0.1, -0.05) is 18.2 Å². The third kappa shape index (κ3) is 2.75. The Kier molecular flexibility index (Phi) is 3.48. The summed E-state index contributed by atoms with van der Waals surface area (Å²) < 4.78 is 5.33. The second kappa shape index (κ2) is 4.84. The lowest BCUT2D eigenvalue weighted by atomic mass is 10.2. The molecule has 1 aliphatic rings. The third-order valence-electron chi connectivity index (χ3n) is 2.37. The van der Waals surface area contributed by atoms with Crippen LogP contribution in [-0.4, -0.2) is 23.3 Å². The van der Waals surface area contributed by atoms with Gasteiger partial charge in [0.25, 0.3) is 5.22 Å². The highest BCUT2D eigenvalue weighted by molar-refractivity contribution is 7.99. The molecule has 0 aliphatic carbocycles. The summed E-state index contributed by atoms with van der Waals surface area (Å²) in [5, 5.41) is 4.87. The molecule has 1 aliphatic heterocycles. The SMILES string of the molecule is Cc1coc(SC2CCCCNC2)n1. The van der Waals surface area contributed by atoms with Gasteiger partial charge in [0.15, 0.2) is 0 Å². The first kappa shape index (κ1) is 10.1. The summed E-state index contributed by atoms with van der Waals surface area (Å²) in [5.41, 5.74) is 0.967. The normalized spacial score (nSPS) is 23.4. The number of thioether (sulfide) groups is 1. The Hall–Kier alpha value is -0.480. The number of hydrogen-bond donors (Lipinski definition) is 1. The van der Waals surface area contributed by atoms with Crippen molar-refractivity contribution < 1.29 is 4.42 Å². The van der Waals surface area contributed by atoms with Crippen LogP contribution in [0.1, 0.15) is 25.0 Å². The minimum atomic E-state index is 0.621. The molecule has 2 rings (SSSR count). The van der Waals surface area contributed by atoms with Crippen molar-refractivity contribution in [1.82, 2.24) is 10.3 Å². The fourth-order valence-corrected chi connectivity index (χ4v) is 2.69. The maximum Gasteiger partial charge on any atom is 0.256 e. The summed E-state index contributed by atoms with van der Waals surface area (Å²) in [6.45, 7) is 4.19. The molecule has 1 aromatic heterocycles. The van der Waals surface area contributed by atoms with Gasteiger partial charge in [-0.3, -0.25) is 0 Å². The van der Waals surface area contributed by atoms with Crippen LogP contribution in [0.3, 0.4) is 0 Å². The zero-order valence-corrected chi connectivity index (χ0v) is 9.27. The molecule has 1 atom stereocenters. The Morgan fingerprint density at radius 1 is 1.57 bits per heavy atom. The van der Waals surface area contributed by atoms with Crippen molar-refractivity contribution >= 4 is 11.8 Å². The van der Waals surface area contributed by atoms with Crippen LogP contribution in [0.5, 0.6) is 0 Å². The fraction of sp³-hybridized carbons (Fsp3) is 0.700. The number of oxazole rings is 1. The third-order valence-corrected chi connectivity index (χ3v) is 3.49. The van der Waals surface area contributed by atoms with Crippen LogP contribution in [0.25, 0.3) is 0 Å². The smallest absolute Gasteiger partial charge is 0.256 e. The van der Waals surface area contributed by atoms with Crippen molar-refractivity contribution in [3.8, 4) is 0 Å². The van der Waals surface area contributed by atoms with Crippen molar-refractivity contribution in [3.05, 3.63) is 12.0 Å². The molecule has 0 spiro atoms. The van der Waals surface area contributed by atoms with E-state index in [1.807, 2.05) is 6.92 Å². The fourth-order valence-electron chi connectivity index (χ4n) is 1.62. The molecule has 0 amide bonds. The Bertz CT molecular complexity index is 279. The lowest BCUT2D eigenvalue weighted by Crippen LogP contribution is -2.22. The van der Waals surface area contributed by atoms with Gasteiger partial charge in [0, 0.05) is 11.8 Å². The standard InChI is InChI=1S/C10H16N2OS/c1-8-7-13-10(12-8)14-9-4-2-3-5-11-6-9/h7,9,11H,2-6H2,1H3. The zero-order valence-electron chi connectivity index (χ0n) is 8.45. The zero-order chi connectivity index (χ0) is 9.80. The maximum atomic E-state index is 5.33. The molecule has 0 radical (unpaired) electrons. The van der Waals surface area contributed by atoms with Gasteiger partial charge in [-0.15, -0.1) is 0 Å². The first-order valence-corrected chi connectivity index (χ1v) is 6.02. The van der Waals surface area contributed by atoms with E-state index in [0.717, 1.165) is 24.0 Å². The van der Waals surface area contributed by atoms with E-state index in [-0.39, 0.29) is 0 Å². The molecule has 1 N–H and O–H groups in total. The number of nitrogens with zero attached hydrogens (tertiary/aromatic N) is 1. The Morgan fingerprint density at radius 3 is 3.29 bits per heavy atom. The van der Waals surface area contributed by atoms with Gasteiger partial charge >= 0.3 is 0 Å². The van der Waals surface area contributed by atoms with E-state index in [9.17, 15) is 0 Å². The molecule has 14 heavy (non-hydrogen) atoms. The highest BCUT2D eigenvalue weighted by atomic mass is 32.2. The summed E-state index contributed by atoms with van der Waals surface area (Å²) in [7, 11) is 0. The van der Waals surface area contributed by atoms with E-state index in [1.54, 1.807) is 18.0 Å². The maximum absolute atomic E-state index is 5.33. The van der Waals surface area contributed by atoms with Crippen LogP contribution in [0, 0.1) is 6.92 Å². The molecule has 1 fully saturated rings. The summed E-state index contributed by atoms with van der Waals surface area (Å²) >= 11 is 1.76. The molecule has 1 unspecified atom stereocenters. The molecule has 0 bridgehead atoms. The summed E-state index contributed by atoms with van der Waals surface area (Å²) in [5.74, 6) is 0. The quantitative estimate of drug-likeness (QED) is 0.815. The van der Waals surface area contributed by atoms with Crippen LogP contribution in [-0.2, 0) is 0 Å². The van der Waals surface area contributed by atoms with Gasteiger partial charge in [0.1, 0.15) is 6.26 Å². The number of rotatable bonds is 2. The van der Waals surface area contributed by atoms with Crippen LogP contribution in [0.15, 0.2) is 15.9 Å². The minimum Gasteiger partial charge on any atom is -0.440 e. The summed E-state index contributed by atoms with van der Waals surface area (Å²) in [6.07, 6.45) is 5.58. The second-order valence-electron chi connectivity index (χ2n) is 3.69. The molecule has 1 saturated heterocycles. The predicted octanol–water partition coefficient (Wildman–Crippen LogP) is 2.22. The molecule has 3 nitrogen and oxygen atoms in total. The van der Waals surface area contributed by atoms with Crippen molar-refractivity contribution in [3.63, 3.8) is 0 Å². The molecular weight excluding hydrogens is 196 g/mol. The van der Waals surface area contributed by atoms with Crippen molar-refractivity contribution in [2.45, 2.75) is 36.7 Å². The predicted molar refractivity (Wildman–Crippen MR) is 57.6 cm³/mol. The van der Waals surface area contributed by atoms with Crippen LogP contribution >= 0.6 is 11.8 Å². The van der Waals surface area contributed by atoms with Crippen molar-refractivity contribution in [2.24, 2.45) is 0 Å². The topological polar surface area (TPSA) is 38.1 Å². The number of aryl methyl sites for hydroxylation is 1. The van der Waals surface area contributed by atoms with Gasteiger partial charge in [-0.2, -0.15) is 0 Å². The van der Waals surface area contributed by atoms with Gasteiger partial charge in [0.2, 0.25) is 0 Å². The van der Waals surface area contributed by atoms with Gasteiger partial charge in [0.05, 0.1) is 5.69 Å². The average Bonchev–Trinajstić information content (AvgIpc) is 2.43. The molecule has 1 aromatic rings. The first-order chi connectivity index (χ1) is 6.84. The van der Waals surface area contributed by atoms with Crippen LogP contribution in [0.2, 0.25) is 0 Å². The number of aromatic nitrogens is 1. The highest BCUT2D eigenvalue weighted by Gasteiger charge is 2.15. The van der Waals surface area contributed by atoms with Crippen LogP contribution in [0.4, 0.5) is 0 Å². The van der Waals surface area contributed by atoms with Gasteiger partial charge < -0.3 is 9.73 Å². The largest absolute Gasteiger partial charge is 0.440 e. The Balaban J connectivity index is 1.89. The lowest BCUT2D eigenvalue weighted by Gasteiger charge is -2.10. The monoisotopic (exact) mass is 212 g/mol. The molecule has 2 heterocycles. The van der Waals surface area contributed by atoms with Gasteiger partial charge in [-0.05, 0) is 26.3 Å². The van der Waals surface area contributed by atoms with E-state index in [0.29, 0.717) is 5.25 Å². The summed E-state index contributed by atoms with van der Waals surface area (Å²) in [6, 6.07) is 0. The molecule has 0 saturated carbocycles. The molecule has 0 aromatic carbocycles. The van der Waals surface area contributed by atoms with Gasteiger partial charge in [-0.25, -0.2) is 4.98 Å². The Labute approximate surface area is 88.7 Å². The lowest BCUT2D eigenvalue weighted by molar-refractivity contribution is 0.452. The number of nitrogens with one attached hydrogen (secondary N) is 1. The Morgan fingerprint density at radius 2 is 2.50 bits per heavy atom. The molecular formula is C10H16N2OS. The first-order valence-electron chi connectivity index (χ1n) is 5.14. The molecule has 4 heteroatoms. The molecule has 78 valence electrons.